The third-order valence-corrected chi connectivity index (χ3v) is 10.0. The molecule has 3 fully saturated rings. The highest BCUT2D eigenvalue weighted by atomic mass is 35.5. The fourth-order valence-corrected chi connectivity index (χ4v) is 7.73. The minimum Gasteiger partial charge on any atom is -0.496 e. The SMILES string of the molecule is COc1cc(OC)c2c(COc3cccc4[nH]c(C(=O)NC5CCN(C[C@@H]6CCCN7CCCCC67)CC5)cc34)coc2c1.Cl. The van der Waals surface area contributed by atoms with Crippen molar-refractivity contribution < 1.29 is 23.4 Å². The molecule has 3 aliphatic rings. The third kappa shape index (κ3) is 6.62. The van der Waals surface area contributed by atoms with Crippen LogP contribution in [0.1, 0.15) is 61.0 Å². The molecule has 0 radical (unpaired) electrons. The van der Waals surface area contributed by atoms with Crippen LogP contribution < -0.4 is 19.5 Å². The van der Waals surface area contributed by atoms with Crippen molar-refractivity contribution in [2.45, 2.75) is 63.6 Å². The van der Waals surface area contributed by atoms with Gasteiger partial charge in [0.05, 0.1) is 25.9 Å². The van der Waals surface area contributed by atoms with Crippen molar-refractivity contribution in [1.82, 2.24) is 20.1 Å². The fourth-order valence-electron chi connectivity index (χ4n) is 7.73. The summed E-state index contributed by atoms with van der Waals surface area (Å²) in [6, 6.07) is 12.4. The lowest BCUT2D eigenvalue weighted by Crippen LogP contribution is -2.52. The highest BCUT2D eigenvalue weighted by Crippen LogP contribution is 2.36. The molecule has 2 aromatic carbocycles. The number of piperidine rings is 3. The number of hydrogen-bond donors (Lipinski definition) is 2. The second-order valence-corrected chi connectivity index (χ2v) is 12.7. The van der Waals surface area contributed by atoms with Gasteiger partial charge in [0.2, 0.25) is 0 Å². The summed E-state index contributed by atoms with van der Waals surface area (Å²) in [5.74, 6) is 2.78. The first-order valence-corrected chi connectivity index (χ1v) is 16.2. The lowest BCUT2D eigenvalue weighted by atomic mass is 9.83. The molecule has 5 heterocycles. The van der Waals surface area contributed by atoms with Crippen LogP contribution >= 0.6 is 12.4 Å². The van der Waals surface area contributed by atoms with Gasteiger partial charge in [-0.1, -0.05) is 12.5 Å². The first-order chi connectivity index (χ1) is 21.6. The zero-order valence-corrected chi connectivity index (χ0v) is 27.1. The van der Waals surface area contributed by atoms with Crippen molar-refractivity contribution >= 4 is 40.2 Å². The number of carbonyl (C=O) groups excluding carboxylic acids is 1. The Labute approximate surface area is 270 Å². The molecular weight excluding hydrogens is 592 g/mol. The smallest absolute Gasteiger partial charge is 0.267 e. The van der Waals surface area contributed by atoms with Crippen molar-refractivity contribution in [2.24, 2.45) is 5.92 Å². The highest BCUT2D eigenvalue weighted by Gasteiger charge is 2.34. The monoisotopic (exact) mass is 636 g/mol. The van der Waals surface area contributed by atoms with Crippen molar-refractivity contribution in [3.63, 3.8) is 0 Å². The average molecular weight is 637 g/mol. The Kier molecular flexibility index (Phi) is 9.78. The van der Waals surface area contributed by atoms with E-state index in [1.165, 1.54) is 51.7 Å². The Hall–Kier alpha value is -3.40. The van der Waals surface area contributed by atoms with Crippen LogP contribution in [0.2, 0.25) is 0 Å². The van der Waals surface area contributed by atoms with Crippen molar-refractivity contribution in [1.29, 1.82) is 0 Å². The number of halogens is 1. The number of H-pyrrole nitrogens is 1. The van der Waals surface area contributed by atoms with E-state index < -0.39 is 0 Å². The second kappa shape index (κ2) is 13.9. The molecule has 1 amide bonds. The molecule has 3 saturated heterocycles. The second-order valence-electron chi connectivity index (χ2n) is 12.7. The molecule has 2 N–H and O–H groups in total. The number of fused-ring (bicyclic) bond motifs is 3. The largest absolute Gasteiger partial charge is 0.496 e. The minimum atomic E-state index is -0.0600. The van der Waals surface area contributed by atoms with Crippen LogP contribution in [0.3, 0.4) is 0 Å². The number of aromatic nitrogens is 1. The van der Waals surface area contributed by atoms with E-state index in [-0.39, 0.29) is 24.4 Å². The van der Waals surface area contributed by atoms with Gasteiger partial charge in [0.25, 0.3) is 5.91 Å². The van der Waals surface area contributed by atoms with Gasteiger partial charge < -0.3 is 38.7 Å². The summed E-state index contributed by atoms with van der Waals surface area (Å²) < 4.78 is 23.0. The van der Waals surface area contributed by atoms with E-state index >= 15 is 0 Å². The number of nitrogens with zero attached hydrogens (tertiary/aromatic N) is 2. The number of rotatable bonds is 9. The molecule has 4 aromatic rings. The summed E-state index contributed by atoms with van der Waals surface area (Å²) in [6.45, 7) is 6.20. The molecule has 45 heavy (non-hydrogen) atoms. The van der Waals surface area contributed by atoms with Crippen LogP contribution in [0.4, 0.5) is 0 Å². The number of methoxy groups -OCH3 is 2. The molecule has 7 rings (SSSR count). The molecule has 2 atom stereocenters. The van der Waals surface area contributed by atoms with Crippen molar-refractivity contribution in [3.05, 3.63) is 53.9 Å². The molecule has 0 bridgehead atoms. The first kappa shape index (κ1) is 31.6. The van der Waals surface area contributed by atoms with Gasteiger partial charge in [-0.25, -0.2) is 0 Å². The molecular formula is C35H45ClN4O5. The van der Waals surface area contributed by atoms with Crippen LogP contribution in [-0.2, 0) is 6.61 Å². The lowest BCUT2D eigenvalue weighted by Gasteiger charge is -2.46. The van der Waals surface area contributed by atoms with Gasteiger partial charge in [-0.05, 0) is 75.7 Å². The van der Waals surface area contributed by atoms with E-state index in [1.807, 2.05) is 36.4 Å². The molecule has 10 heteroatoms. The number of nitrogens with one attached hydrogen (secondary N) is 2. The van der Waals surface area contributed by atoms with Crippen molar-refractivity contribution in [2.75, 3.05) is 46.9 Å². The molecule has 0 saturated carbocycles. The Bertz CT molecular complexity index is 1610. The summed E-state index contributed by atoms with van der Waals surface area (Å²) in [6.07, 6.45) is 10.5. The predicted octanol–water partition coefficient (Wildman–Crippen LogP) is 6.39. The molecule has 0 spiro atoms. The molecule has 3 aliphatic heterocycles. The van der Waals surface area contributed by atoms with E-state index in [0.29, 0.717) is 35.1 Å². The van der Waals surface area contributed by atoms with Gasteiger partial charge in [0.1, 0.15) is 35.1 Å². The number of carbonyl (C=O) groups is 1. The number of amides is 1. The van der Waals surface area contributed by atoms with Crippen LogP contribution in [0, 0.1) is 5.92 Å². The number of aromatic amines is 1. The molecule has 0 aliphatic carbocycles. The fraction of sp³-hybridized carbons (Fsp3) is 0.514. The Morgan fingerprint density at radius 1 is 0.978 bits per heavy atom. The van der Waals surface area contributed by atoms with Gasteiger partial charge in [0, 0.05) is 60.3 Å². The number of hydrogen-bond acceptors (Lipinski definition) is 7. The quantitative estimate of drug-likeness (QED) is 0.220. The first-order valence-electron chi connectivity index (χ1n) is 16.2. The Morgan fingerprint density at radius 3 is 2.64 bits per heavy atom. The minimum absolute atomic E-state index is 0. The van der Waals surface area contributed by atoms with Gasteiger partial charge in [0.15, 0.2) is 0 Å². The number of ether oxygens (including phenoxy) is 3. The topological polar surface area (TPSA) is 92.2 Å². The molecule has 1 unspecified atom stereocenters. The number of likely N-dealkylation sites (tertiary alicyclic amines) is 1. The normalized spacial score (nSPS) is 21.3. The summed E-state index contributed by atoms with van der Waals surface area (Å²) in [4.78, 5) is 22.0. The zero-order valence-electron chi connectivity index (χ0n) is 26.3. The van der Waals surface area contributed by atoms with E-state index in [2.05, 4.69) is 20.1 Å². The van der Waals surface area contributed by atoms with Gasteiger partial charge in [-0.15, -0.1) is 12.4 Å². The van der Waals surface area contributed by atoms with E-state index in [1.54, 1.807) is 20.5 Å². The maximum atomic E-state index is 13.3. The average Bonchev–Trinajstić information content (AvgIpc) is 3.69. The van der Waals surface area contributed by atoms with Gasteiger partial charge in [-0.2, -0.15) is 0 Å². The molecule has 2 aromatic heterocycles. The van der Waals surface area contributed by atoms with E-state index in [0.717, 1.165) is 59.7 Å². The maximum Gasteiger partial charge on any atom is 0.267 e. The van der Waals surface area contributed by atoms with Crippen LogP contribution in [0.15, 0.2) is 47.1 Å². The highest BCUT2D eigenvalue weighted by molar-refractivity contribution is 5.99. The maximum absolute atomic E-state index is 13.3. The van der Waals surface area contributed by atoms with Crippen LogP contribution in [0.25, 0.3) is 21.9 Å². The predicted molar refractivity (Wildman–Crippen MR) is 178 cm³/mol. The van der Waals surface area contributed by atoms with Gasteiger partial charge >= 0.3 is 0 Å². The Morgan fingerprint density at radius 2 is 1.82 bits per heavy atom. The van der Waals surface area contributed by atoms with E-state index in [9.17, 15) is 4.79 Å². The third-order valence-electron chi connectivity index (χ3n) is 10.0. The molecule has 242 valence electrons. The summed E-state index contributed by atoms with van der Waals surface area (Å²) >= 11 is 0. The van der Waals surface area contributed by atoms with E-state index in [4.69, 9.17) is 18.6 Å². The van der Waals surface area contributed by atoms with Crippen LogP contribution in [-0.4, -0.2) is 79.7 Å². The number of benzene rings is 2. The molecule has 9 nitrogen and oxygen atoms in total. The zero-order chi connectivity index (χ0) is 30.0. The standard InChI is InChI=1S/C35H44N4O5.ClH/c1-41-26-17-32(42-2)34-24(22-44-33(34)18-26)21-43-31-10-5-8-28-27(31)19-29(37-28)35(40)36-25-11-15-38(16-12-25)20-23-7-6-14-39-13-4-3-9-30(23)39;/h5,8,10,17-19,22-23,25,30,37H,3-4,6-7,9,11-16,20-21H2,1-2H3,(H,36,40);1H/t23-,30?;/m0./s1. The van der Waals surface area contributed by atoms with Crippen LogP contribution in [0.5, 0.6) is 17.2 Å². The number of furan rings is 1. The lowest BCUT2D eigenvalue weighted by molar-refractivity contribution is 0.0351. The van der Waals surface area contributed by atoms with Crippen molar-refractivity contribution in [3.8, 4) is 17.2 Å². The summed E-state index contributed by atoms with van der Waals surface area (Å²) in [5.41, 5.74) is 2.97. The van der Waals surface area contributed by atoms with Gasteiger partial charge in [-0.3, -0.25) is 4.79 Å². The summed E-state index contributed by atoms with van der Waals surface area (Å²) in [7, 11) is 3.24. The summed E-state index contributed by atoms with van der Waals surface area (Å²) in [5, 5.41) is 5.03. The Balaban J connectivity index is 0.00000357.